The molecule has 4 fully saturated rings. The SMILES string of the molecule is CC(C)(CC(=O)[O-])OC(=O)c1cc(I)cc(I)c1I.CCC(C)(C)C(=O)OC12CC3CC(C1)CC(C(=O)OC(CS(=O)(=O)[O-])C(F)(F)F)(C3)C2.CCC(C)(C)C(=O)OCC[NH+](C)C.CCC(C)c1ccc(COC(=O)C(O)(C(F)(F)F)C(F)(F)F)cc1.c1ccc(-[s+]2c3ccccc3c3ccccc32)cc1. The van der Waals surface area contributed by atoms with Gasteiger partial charge in [-0.1, -0.05) is 94.4 Å². The van der Waals surface area contributed by atoms with E-state index in [1.54, 1.807) is 45.9 Å². The number of thiophene rings is 1. The molecule has 17 nitrogen and oxygen atoms in total. The molecule has 4 bridgehead atoms. The van der Waals surface area contributed by atoms with E-state index in [1.807, 2.05) is 61.7 Å². The van der Waals surface area contributed by atoms with Gasteiger partial charge in [-0.2, -0.15) is 39.5 Å². The van der Waals surface area contributed by atoms with Gasteiger partial charge in [0.2, 0.25) is 6.10 Å². The number of benzene rings is 5. The van der Waals surface area contributed by atoms with Crippen molar-refractivity contribution < 1.29 is 120 Å². The average Bonchev–Trinajstić information content (AvgIpc) is 0.899. The molecule has 2 N–H and O–H groups in total. The van der Waals surface area contributed by atoms with Crippen molar-refractivity contribution in [3.05, 3.63) is 143 Å². The first kappa shape index (κ1) is 91.1. The van der Waals surface area contributed by atoms with Gasteiger partial charge in [0, 0.05) is 50.8 Å². The van der Waals surface area contributed by atoms with Crippen LogP contribution in [-0.4, -0.2) is 128 Å². The van der Waals surface area contributed by atoms with Gasteiger partial charge in [0.1, 0.15) is 31.0 Å². The first-order valence-corrected chi connectivity index (χ1v) is 39.9. The zero-order chi connectivity index (χ0) is 80.1. The van der Waals surface area contributed by atoms with E-state index in [9.17, 15) is 86.4 Å². The van der Waals surface area contributed by atoms with Crippen molar-refractivity contribution in [3.63, 3.8) is 0 Å². The number of likely N-dealkylation sites (N-methyl/N-ethyl adjacent to an activating group) is 1. The van der Waals surface area contributed by atoms with Gasteiger partial charge >= 0.3 is 54.0 Å². The first-order valence-electron chi connectivity index (χ1n) is 33.9. The zero-order valence-electron chi connectivity index (χ0n) is 60.6. The molecule has 4 unspecified atom stereocenters. The lowest BCUT2D eigenvalue weighted by Crippen LogP contribution is -3.06. The molecule has 0 radical (unpaired) electrons. The summed E-state index contributed by atoms with van der Waals surface area (Å²) in [5, 5.41) is 22.2. The lowest BCUT2D eigenvalue weighted by Gasteiger charge is -2.60. The Morgan fingerprint density at radius 2 is 1.19 bits per heavy atom. The molecule has 0 saturated heterocycles. The number of hydrogen-bond acceptors (Lipinski definition) is 16. The van der Waals surface area contributed by atoms with Crippen LogP contribution in [0.15, 0.2) is 115 Å². The Bertz CT molecular complexity index is 4070. The Labute approximate surface area is 655 Å². The number of esters is 5. The molecular weight excluding hydrogens is 1790 g/mol. The number of carbonyl (C=O) groups excluding carboxylic acids is 6. The molecule has 1 heterocycles. The molecule has 0 aliphatic heterocycles. The third-order valence-electron chi connectivity index (χ3n) is 18.7. The summed E-state index contributed by atoms with van der Waals surface area (Å²) in [6.45, 7) is 18.7. The molecule has 586 valence electrons. The second kappa shape index (κ2) is 37.0. The quantitative estimate of drug-likeness (QED) is 0.0122. The molecule has 5 aromatic carbocycles. The van der Waals surface area contributed by atoms with Crippen LogP contribution in [0.2, 0.25) is 0 Å². The van der Waals surface area contributed by atoms with E-state index >= 15 is 0 Å². The largest absolute Gasteiger partial charge is 0.748 e. The molecule has 106 heavy (non-hydrogen) atoms. The van der Waals surface area contributed by atoms with Gasteiger partial charge in [-0.3, -0.25) is 14.4 Å². The Balaban J connectivity index is 0.000000244. The van der Waals surface area contributed by atoms with Crippen molar-refractivity contribution in [1.29, 1.82) is 0 Å². The molecule has 0 spiro atoms. The van der Waals surface area contributed by atoms with Crippen LogP contribution in [0, 0.1) is 38.8 Å². The van der Waals surface area contributed by atoms with E-state index in [0.717, 1.165) is 42.1 Å². The highest BCUT2D eigenvalue weighted by atomic mass is 127. The minimum absolute atomic E-state index is 0.00100. The Morgan fingerprint density at radius 1 is 0.689 bits per heavy atom. The summed E-state index contributed by atoms with van der Waals surface area (Å²) < 4.78 is 178. The summed E-state index contributed by atoms with van der Waals surface area (Å²) in [5.41, 5.74) is -8.37. The number of alkyl halides is 9. The van der Waals surface area contributed by atoms with Crippen LogP contribution in [0.3, 0.4) is 0 Å². The van der Waals surface area contributed by atoms with Crippen molar-refractivity contribution >= 4 is 144 Å². The number of fused-ring (bicyclic) bond motifs is 3. The van der Waals surface area contributed by atoms with Crippen LogP contribution < -0.4 is 10.0 Å². The van der Waals surface area contributed by atoms with Crippen LogP contribution in [-0.2, 0) is 64.4 Å². The standard InChI is InChI=1S/C20H29F3O7S.C18H13S.C15H16F6O3.C12H11I3O4.C10H21NO2/c1-4-17(2,3)15(24)30-19-8-12-5-13(9-19)7-18(6-12,11-19)16(25)29-14(20(21,22)23)10-31(26,27)28;1-2-8-14(9-3-1)19-17-12-6-4-10-15(17)16-11-5-7-13-18(16)19;1-3-9(2)11-6-4-10(5-7-11)8-24-12(22)13(23,14(16,17)18)15(19,20)21;1-12(2,5-9(16)17)19-11(18)7-3-6(13)4-8(14)10(7)15;1-6-10(2,3)9(12)13-8-7-11(4)5/h12-14H,4-11H2,1-3H3,(H,26,27,28);1-13H;4-7,9,23H,3,8H2,1-2H3;3-4H,5H2,1-2H3,(H,16,17);6-8H2,1-5H3/q;+1;;;/p-1. The highest BCUT2D eigenvalue weighted by Gasteiger charge is 2.77. The van der Waals surface area contributed by atoms with Crippen molar-refractivity contribution in [2.75, 3.05) is 33.0 Å². The normalized spacial score (nSPS) is 18.6. The first-order chi connectivity index (χ1) is 48.8. The maximum atomic E-state index is 13.3. The number of ether oxygens (including phenoxy) is 5. The maximum absolute atomic E-state index is 13.3. The highest BCUT2D eigenvalue weighted by Crippen LogP contribution is 2.64. The maximum Gasteiger partial charge on any atom is 0.437 e. The van der Waals surface area contributed by atoms with Crippen LogP contribution >= 0.6 is 78.2 Å². The fourth-order valence-electron chi connectivity index (χ4n) is 12.2. The monoisotopic (exact) mass is 1880 g/mol. The van der Waals surface area contributed by atoms with E-state index in [4.69, 9.17) is 19.3 Å². The zero-order valence-corrected chi connectivity index (χ0v) is 68.7. The van der Waals surface area contributed by atoms with E-state index in [1.165, 1.54) is 42.1 Å². The average molecular weight is 1880 g/mol. The number of halogens is 12. The number of carboxylic acid groups (broad SMARTS) is 1. The van der Waals surface area contributed by atoms with Gasteiger partial charge < -0.3 is 48.1 Å². The van der Waals surface area contributed by atoms with Crippen molar-refractivity contribution in [2.24, 2.45) is 28.1 Å². The second-order valence-electron chi connectivity index (χ2n) is 28.9. The van der Waals surface area contributed by atoms with Gasteiger partial charge in [0.15, 0.2) is 14.3 Å². The summed E-state index contributed by atoms with van der Waals surface area (Å²) >= 11 is 6.33. The summed E-state index contributed by atoms with van der Waals surface area (Å²) in [5.74, 6) is -7.88. The third kappa shape index (κ3) is 24.5. The van der Waals surface area contributed by atoms with E-state index in [0.29, 0.717) is 44.3 Å². The topological polar surface area (TPSA) is 253 Å². The van der Waals surface area contributed by atoms with Gasteiger partial charge in [-0.05, 0) is 238 Å². The Morgan fingerprint density at radius 3 is 1.65 bits per heavy atom. The fraction of sp³-hybridized carbons (Fsp3) is 0.520. The summed E-state index contributed by atoms with van der Waals surface area (Å²) in [7, 11) is -1.13. The number of carbonyl (C=O) groups is 6. The lowest BCUT2D eigenvalue weighted by atomic mass is 9.48. The summed E-state index contributed by atoms with van der Waals surface area (Å²) in [4.78, 5) is 73.8. The van der Waals surface area contributed by atoms with Crippen LogP contribution in [0.1, 0.15) is 161 Å². The molecule has 1 aromatic heterocycles. The Kier molecular flexibility index (Phi) is 31.8. The van der Waals surface area contributed by atoms with Gasteiger partial charge in [-0.15, -0.1) is 0 Å². The number of aliphatic carboxylic acids is 1. The summed E-state index contributed by atoms with van der Waals surface area (Å²) in [6.07, 6.45) is -16.3. The van der Waals surface area contributed by atoms with Crippen LogP contribution in [0.25, 0.3) is 25.1 Å². The van der Waals surface area contributed by atoms with Crippen molar-refractivity contribution in [1.82, 2.24) is 0 Å². The predicted molar refractivity (Wildman–Crippen MR) is 404 cm³/mol. The van der Waals surface area contributed by atoms with Crippen LogP contribution in [0.5, 0.6) is 0 Å². The molecular formula is C75H89F9I3NO16S2. The van der Waals surface area contributed by atoms with Crippen molar-refractivity contribution in [3.8, 4) is 4.90 Å². The number of quaternary nitrogens is 1. The molecule has 4 aliphatic carbocycles. The molecule has 4 aliphatic rings. The van der Waals surface area contributed by atoms with Gasteiger partial charge in [0.25, 0.3) is 0 Å². The number of carboxylic acids is 1. The molecule has 10 rings (SSSR count). The van der Waals surface area contributed by atoms with E-state index in [2.05, 4.69) is 156 Å². The number of nitrogens with one attached hydrogen (secondary N) is 1. The molecule has 4 atom stereocenters. The van der Waals surface area contributed by atoms with E-state index in [-0.39, 0.29) is 58.0 Å². The lowest BCUT2D eigenvalue weighted by molar-refractivity contribution is -0.858. The third-order valence-corrected chi connectivity index (χ3v) is 25.4. The number of hydrogen-bond donors (Lipinski definition) is 2. The fourth-order valence-corrected chi connectivity index (χ4v) is 17.6. The van der Waals surface area contributed by atoms with Gasteiger partial charge in [0.05, 0.1) is 51.8 Å². The molecule has 4 saturated carbocycles. The van der Waals surface area contributed by atoms with E-state index < -0.39 is 105 Å². The highest BCUT2D eigenvalue weighted by molar-refractivity contribution is 14.1. The minimum Gasteiger partial charge on any atom is -0.748 e. The molecule has 31 heteroatoms. The smallest absolute Gasteiger partial charge is 0.437 e. The van der Waals surface area contributed by atoms with Crippen LogP contribution in [0.4, 0.5) is 39.5 Å². The Hall–Kier alpha value is -5.47. The predicted octanol–water partition coefficient (Wildman–Crippen LogP) is 15.8. The number of rotatable bonds is 22. The molecule has 0 amide bonds. The van der Waals surface area contributed by atoms with Crippen molar-refractivity contribution in [2.45, 2.75) is 187 Å². The van der Waals surface area contributed by atoms with Gasteiger partial charge in [-0.25, -0.2) is 18.0 Å². The number of aliphatic hydroxyl groups is 1. The second-order valence-corrected chi connectivity index (χ2v) is 35.8. The minimum atomic E-state index is -6.25. The summed E-state index contributed by atoms with van der Waals surface area (Å²) in [6, 6.07) is 38.2. The molecule has 6 aromatic rings.